The quantitative estimate of drug-likeness (QED) is 0.267. The monoisotopic (exact) mass is 273 g/mol. The van der Waals surface area contributed by atoms with E-state index in [-0.39, 0.29) is 23.2 Å². The fourth-order valence-electron chi connectivity index (χ4n) is 1.39. The summed E-state index contributed by atoms with van der Waals surface area (Å²) in [4.78, 5) is 20.5. The average Bonchev–Trinajstić information content (AvgIpc) is 2.36. The Morgan fingerprint density at radius 1 is 1.44 bits per heavy atom. The van der Waals surface area contributed by atoms with E-state index in [9.17, 15) is 30.2 Å². The number of phenolic OH excluding ortho intramolecular Hbond substituents is 1. The molecule has 1 aromatic carbocycles. The van der Waals surface area contributed by atoms with E-state index >= 15 is 0 Å². The number of aldehydes is 1. The van der Waals surface area contributed by atoms with Crippen molar-refractivity contribution in [3.05, 3.63) is 33.4 Å². The van der Waals surface area contributed by atoms with Crippen LogP contribution in [0.15, 0.2) is 12.1 Å². The molecule has 0 spiro atoms. The molecule has 0 amide bonds. The lowest BCUT2D eigenvalue weighted by molar-refractivity contribution is -0.385. The molecule has 8 heteroatoms. The Labute approximate surface area is 107 Å². The van der Waals surface area contributed by atoms with E-state index < -0.39 is 28.6 Å². The zero-order valence-corrected chi connectivity index (χ0v) is 9.95. The largest absolute Gasteiger partial charge is 0.507 e. The maximum Gasteiger partial charge on any atom is 0.270 e. The van der Waals surface area contributed by atoms with E-state index in [4.69, 9.17) is 0 Å². The summed E-state index contributed by atoms with van der Waals surface area (Å²) in [5.41, 5.74) is -1.08. The van der Waals surface area contributed by atoms with Crippen molar-refractivity contribution in [3.63, 3.8) is 0 Å². The third-order valence-corrected chi connectivity index (χ3v) is 2.74. The molecule has 0 heterocycles. The number of nitrogens with zero attached hydrogens (tertiary/aromatic N) is 1. The Balaban J connectivity index is 3.37. The third-order valence-electron chi connectivity index (χ3n) is 2.36. The molecule has 2 atom stereocenters. The minimum Gasteiger partial charge on any atom is -0.507 e. The molecule has 3 N–H and O–H groups in total. The molecule has 0 saturated carbocycles. The Bertz CT molecular complexity index is 478. The van der Waals surface area contributed by atoms with Gasteiger partial charge in [0.25, 0.3) is 5.69 Å². The summed E-state index contributed by atoms with van der Waals surface area (Å²) >= 11 is 3.76. The third kappa shape index (κ3) is 2.78. The Morgan fingerprint density at radius 3 is 2.50 bits per heavy atom. The van der Waals surface area contributed by atoms with Crippen LogP contribution in [0.5, 0.6) is 5.75 Å². The Morgan fingerprint density at radius 2 is 2.06 bits per heavy atom. The number of aliphatic hydroxyl groups is 2. The maximum atomic E-state index is 10.7. The van der Waals surface area contributed by atoms with Crippen molar-refractivity contribution in [1.29, 1.82) is 0 Å². The first kappa shape index (κ1) is 14.4. The van der Waals surface area contributed by atoms with E-state index in [0.717, 1.165) is 12.1 Å². The van der Waals surface area contributed by atoms with Gasteiger partial charge in [-0.05, 0) is 0 Å². The van der Waals surface area contributed by atoms with Crippen molar-refractivity contribution in [2.75, 3.05) is 5.75 Å². The fourth-order valence-corrected chi connectivity index (χ4v) is 1.59. The van der Waals surface area contributed by atoms with E-state index in [0.29, 0.717) is 0 Å². The number of aliphatic hydroxyl groups excluding tert-OH is 2. The van der Waals surface area contributed by atoms with Gasteiger partial charge in [0.15, 0.2) is 6.29 Å². The van der Waals surface area contributed by atoms with E-state index in [1.165, 1.54) is 0 Å². The van der Waals surface area contributed by atoms with Gasteiger partial charge in [0.2, 0.25) is 0 Å². The van der Waals surface area contributed by atoms with Crippen LogP contribution < -0.4 is 0 Å². The van der Waals surface area contributed by atoms with Crippen LogP contribution in [0.2, 0.25) is 0 Å². The number of carbonyl (C=O) groups excluding carboxylic acids is 1. The summed E-state index contributed by atoms with van der Waals surface area (Å²) in [5.74, 6) is -0.705. The Kier molecular flexibility index (Phi) is 4.65. The number of rotatable bonds is 5. The second-order valence-corrected chi connectivity index (χ2v) is 3.91. The number of benzene rings is 1. The highest BCUT2D eigenvalue weighted by atomic mass is 32.1. The SMILES string of the molecule is O=Cc1cc([N+](=O)[O-])cc(C(O)C(O)CS)c1O. The van der Waals surface area contributed by atoms with Gasteiger partial charge in [0.1, 0.15) is 11.9 Å². The summed E-state index contributed by atoms with van der Waals surface area (Å²) in [6.07, 6.45) is -2.66. The molecule has 0 aromatic heterocycles. The number of non-ortho nitro benzene ring substituents is 1. The van der Waals surface area contributed by atoms with Gasteiger partial charge >= 0.3 is 0 Å². The molecule has 0 radical (unpaired) electrons. The number of nitro groups is 1. The molecule has 1 rings (SSSR count). The van der Waals surface area contributed by atoms with E-state index in [1.807, 2.05) is 0 Å². The van der Waals surface area contributed by atoms with Crippen LogP contribution in [0.4, 0.5) is 5.69 Å². The molecule has 0 saturated heterocycles. The second-order valence-electron chi connectivity index (χ2n) is 3.54. The fraction of sp³-hybridized carbons (Fsp3) is 0.300. The van der Waals surface area contributed by atoms with Crippen LogP contribution in [0.1, 0.15) is 22.0 Å². The highest BCUT2D eigenvalue weighted by molar-refractivity contribution is 7.80. The summed E-state index contributed by atoms with van der Waals surface area (Å²) in [7, 11) is 0. The molecular weight excluding hydrogens is 262 g/mol. The highest BCUT2D eigenvalue weighted by Crippen LogP contribution is 2.33. The zero-order chi connectivity index (χ0) is 13.9. The molecule has 7 nitrogen and oxygen atoms in total. The number of hydrogen-bond donors (Lipinski definition) is 4. The molecule has 0 aliphatic rings. The molecule has 2 unspecified atom stereocenters. The first-order valence-corrected chi connectivity index (χ1v) is 5.49. The molecule has 0 aliphatic heterocycles. The first-order chi connectivity index (χ1) is 8.42. The molecule has 0 bridgehead atoms. The molecule has 0 aliphatic carbocycles. The van der Waals surface area contributed by atoms with Crippen LogP contribution in [-0.2, 0) is 0 Å². The van der Waals surface area contributed by atoms with Crippen molar-refractivity contribution in [2.45, 2.75) is 12.2 Å². The van der Waals surface area contributed by atoms with Crippen LogP contribution >= 0.6 is 12.6 Å². The summed E-state index contributed by atoms with van der Waals surface area (Å²) in [5, 5.41) is 39.4. The lowest BCUT2D eigenvalue weighted by Gasteiger charge is -2.17. The van der Waals surface area contributed by atoms with Crippen molar-refractivity contribution >= 4 is 24.6 Å². The van der Waals surface area contributed by atoms with E-state index in [2.05, 4.69) is 12.6 Å². The van der Waals surface area contributed by atoms with Gasteiger partial charge < -0.3 is 15.3 Å². The van der Waals surface area contributed by atoms with Gasteiger partial charge in [-0.25, -0.2) is 0 Å². The van der Waals surface area contributed by atoms with Crippen LogP contribution in [-0.4, -0.2) is 38.4 Å². The topological polar surface area (TPSA) is 121 Å². The molecule has 98 valence electrons. The minimum absolute atomic E-state index is 0.111. The predicted molar refractivity (Wildman–Crippen MR) is 65.0 cm³/mol. The lowest BCUT2D eigenvalue weighted by atomic mass is 10.0. The summed E-state index contributed by atoms with van der Waals surface area (Å²) < 4.78 is 0. The number of phenols is 1. The lowest BCUT2D eigenvalue weighted by Crippen LogP contribution is -2.20. The van der Waals surface area contributed by atoms with Crippen LogP contribution in [0.3, 0.4) is 0 Å². The molecule has 0 fully saturated rings. The van der Waals surface area contributed by atoms with Crippen molar-refractivity contribution < 1.29 is 25.0 Å². The number of aromatic hydroxyl groups is 1. The number of nitro benzene ring substituents is 1. The van der Waals surface area contributed by atoms with Crippen molar-refractivity contribution in [1.82, 2.24) is 0 Å². The maximum absolute atomic E-state index is 10.7. The molecule has 1 aromatic rings. The minimum atomic E-state index is -1.57. The van der Waals surface area contributed by atoms with Gasteiger partial charge in [0, 0.05) is 23.4 Å². The van der Waals surface area contributed by atoms with Crippen LogP contribution in [0, 0.1) is 10.1 Å². The zero-order valence-electron chi connectivity index (χ0n) is 9.05. The molecule has 18 heavy (non-hydrogen) atoms. The number of carbonyl (C=O) groups is 1. The standard InChI is InChI=1S/C10H11NO6S/c12-3-5-1-6(11(16)17)2-7(9(5)14)10(15)8(13)4-18/h1-3,8,10,13-15,18H,4H2. The van der Waals surface area contributed by atoms with Crippen molar-refractivity contribution in [3.8, 4) is 5.75 Å². The Hall–Kier alpha value is -1.64. The number of thiol groups is 1. The van der Waals surface area contributed by atoms with Gasteiger partial charge in [-0.3, -0.25) is 14.9 Å². The van der Waals surface area contributed by atoms with E-state index in [1.54, 1.807) is 0 Å². The number of hydrogen-bond acceptors (Lipinski definition) is 7. The van der Waals surface area contributed by atoms with Gasteiger partial charge in [-0.2, -0.15) is 12.6 Å². The second kappa shape index (κ2) is 5.80. The smallest absolute Gasteiger partial charge is 0.270 e. The van der Waals surface area contributed by atoms with Gasteiger partial charge in [-0.1, -0.05) is 0 Å². The van der Waals surface area contributed by atoms with Gasteiger partial charge in [-0.15, -0.1) is 0 Å². The summed E-state index contributed by atoms with van der Waals surface area (Å²) in [6, 6.07) is 1.78. The normalized spacial score (nSPS) is 13.9. The highest BCUT2D eigenvalue weighted by Gasteiger charge is 2.25. The molecular formula is C10H11NO6S. The van der Waals surface area contributed by atoms with Gasteiger partial charge in [0.05, 0.1) is 16.6 Å². The van der Waals surface area contributed by atoms with Crippen molar-refractivity contribution in [2.24, 2.45) is 0 Å². The average molecular weight is 273 g/mol. The summed E-state index contributed by atoms with van der Waals surface area (Å²) in [6.45, 7) is 0. The predicted octanol–water partition coefficient (Wildman–Crippen LogP) is 0.437. The van der Waals surface area contributed by atoms with Crippen LogP contribution in [0.25, 0.3) is 0 Å². The first-order valence-electron chi connectivity index (χ1n) is 4.85.